The molecule has 0 aliphatic carbocycles. The summed E-state index contributed by atoms with van der Waals surface area (Å²) in [5, 5.41) is 9.12. The van der Waals surface area contributed by atoms with E-state index in [-0.39, 0.29) is 17.8 Å². The number of hydrogen-bond donors (Lipinski definition) is 2. The average Bonchev–Trinajstić information content (AvgIpc) is 3.44. The van der Waals surface area contributed by atoms with Gasteiger partial charge in [0.1, 0.15) is 23.0 Å². The lowest BCUT2D eigenvalue weighted by Gasteiger charge is -2.27. The summed E-state index contributed by atoms with van der Waals surface area (Å²) in [7, 11) is 0. The number of ether oxygens (including phenoxy) is 3. The van der Waals surface area contributed by atoms with Gasteiger partial charge in [0, 0.05) is 53.3 Å². The van der Waals surface area contributed by atoms with Crippen LogP contribution in [0, 0.1) is 0 Å². The van der Waals surface area contributed by atoms with E-state index in [1.807, 2.05) is 6.20 Å². The number of H-pyrrole nitrogens is 1. The van der Waals surface area contributed by atoms with Crippen LogP contribution in [-0.4, -0.2) is 70.2 Å². The summed E-state index contributed by atoms with van der Waals surface area (Å²) in [6, 6.07) is 8.65. The first-order valence-corrected chi connectivity index (χ1v) is 14.8. The summed E-state index contributed by atoms with van der Waals surface area (Å²) in [5.74, 6) is -0.146. The highest BCUT2D eigenvalue weighted by atomic mass is 35.5. The molecule has 2 saturated heterocycles. The standard InChI is InChI=1S/C31H34ClN5O6/c1-31(2,3)43-30(40)34-27-25(19-8-9-22(32)26-21(19)17-37(35-26)24-6-4-5-13-42-24)20-16-18(7-10-23(20)33-28(27)38)29(39)36-11-14-41-15-12-36/h7-10,16-17,24H,4-6,11-15H2,1-3H3,(H,33,38)(H,34,40). The molecule has 0 bridgehead atoms. The zero-order valence-corrected chi connectivity index (χ0v) is 25.1. The second kappa shape index (κ2) is 11.6. The Balaban J connectivity index is 1.57. The number of pyridine rings is 1. The van der Waals surface area contributed by atoms with Crippen molar-refractivity contribution in [1.82, 2.24) is 19.7 Å². The van der Waals surface area contributed by atoms with Crippen LogP contribution >= 0.6 is 11.6 Å². The number of aromatic nitrogens is 3. The van der Waals surface area contributed by atoms with Gasteiger partial charge < -0.3 is 24.1 Å². The summed E-state index contributed by atoms with van der Waals surface area (Å²) >= 11 is 6.63. The maximum absolute atomic E-state index is 13.6. The van der Waals surface area contributed by atoms with Crippen LogP contribution in [0.5, 0.6) is 0 Å². The number of carbonyl (C=O) groups is 2. The Morgan fingerprint density at radius 2 is 1.88 bits per heavy atom. The van der Waals surface area contributed by atoms with Crippen molar-refractivity contribution in [3.63, 3.8) is 0 Å². The minimum absolute atomic E-state index is 0.0111. The van der Waals surface area contributed by atoms with Gasteiger partial charge in [-0.1, -0.05) is 17.7 Å². The van der Waals surface area contributed by atoms with Crippen LogP contribution in [-0.2, 0) is 14.2 Å². The molecule has 0 saturated carbocycles. The zero-order chi connectivity index (χ0) is 30.3. The van der Waals surface area contributed by atoms with Gasteiger partial charge in [0.2, 0.25) is 0 Å². The smallest absolute Gasteiger partial charge is 0.412 e. The van der Waals surface area contributed by atoms with Crippen LogP contribution in [0.15, 0.2) is 41.3 Å². The second-order valence-corrected chi connectivity index (χ2v) is 12.2. The molecule has 2 N–H and O–H groups in total. The van der Waals surface area contributed by atoms with E-state index in [1.165, 1.54) is 0 Å². The fraction of sp³-hybridized carbons (Fsp3) is 0.419. The van der Waals surface area contributed by atoms with Crippen LogP contribution < -0.4 is 10.9 Å². The third kappa shape index (κ3) is 5.97. The van der Waals surface area contributed by atoms with Gasteiger partial charge in [0.15, 0.2) is 0 Å². The first kappa shape index (κ1) is 29.2. The highest BCUT2D eigenvalue weighted by Crippen LogP contribution is 2.40. The summed E-state index contributed by atoms with van der Waals surface area (Å²) in [4.78, 5) is 44.6. The predicted molar refractivity (Wildman–Crippen MR) is 164 cm³/mol. The normalized spacial score (nSPS) is 17.8. The first-order valence-electron chi connectivity index (χ1n) is 14.5. The van der Waals surface area contributed by atoms with Gasteiger partial charge in [-0.05, 0) is 69.9 Å². The van der Waals surface area contributed by atoms with E-state index in [0.717, 1.165) is 19.3 Å². The summed E-state index contributed by atoms with van der Waals surface area (Å²) in [6.07, 6.45) is 3.67. The lowest BCUT2D eigenvalue weighted by Crippen LogP contribution is -2.40. The van der Waals surface area contributed by atoms with Gasteiger partial charge in [0.05, 0.1) is 18.2 Å². The quantitative estimate of drug-likeness (QED) is 0.304. The SMILES string of the molecule is CC(C)(C)OC(=O)Nc1c(-c2ccc(Cl)c3nn(C4CCCCO4)cc23)c2cc(C(=O)N3CCOCC3)ccc2[nH]c1=O. The molecule has 2 fully saturated rings. The fourth-order valence-corrected chi connectivity index (χ4v) is 5.77. The topological polar surface area (TPSA) is 128 Å². The molecule has 6 rings (SSSR count). The van der Waals surface area contributed by atoms with Gasteiger partial charge in [-0.15, -0.1) is 0 Å². The molecular formula is C31H34ClN5O6. The zero-order valence-electron chi connectivity index (χ0n) is 24.4. The van der Waals surface area contributed by atoms with Gasteiger partial charge in [-0.25, -0.2) is 9.48 Å². The Hall–Kier alpha value is -3.93. The number of benzene rings is 2. The predicted octanol–water partition coefficient (Wildman–Crippen LogP) is 5.72. The molecule has 4 aromatic rings. The van der Waals surface area contributed by atoms with Gasteiger partial charge in [0.25, 0.3) is 11.5 Å². The van der Waals surface area contributed by atoms with Gasteiger partial charge in [-0.2, -0.15) is 5.10 Å². The van der Waals surface area contributed by atoms with Crippen LogP contribution in [0.25, 0.3) is 32.9 Å². The molecule has 0 radical (unpaired) electrons. The second-order valence-electron chi connectivity index (χ2n) is 11.8. The first-order chi connectivity index (χ1) is 20.6. The number of hydrogen-bond acceptors (Lipinski definition) is 7. The molecule has 2 aromatic carbocycles. The molecule has 1 atom stereocenters. The van der Waals surface area contributed by atoms with Crippen molar-refractivity contribution in [3.05, 3.63) is 57.5 Å². The van der Waals surface area contributed by atoms with Crippen molar-refractivity contribution in [2.75, 3.05) is 38.2 Å². The summed E-state index contributed by atoms with van der Waals surface area (Å²) < 4.78 is 18.7. The maximum atomic E-state index is 13.6. The van der Waals surface area contributed by atoms with Crippen molar-refractivity contribution < 1.29 is 23.8 Å². The van der Waals surface area contributed by atoms with Crippen molar-refractivity contribution in [1.29, 1.82) is 0 Å². The number of morpholine rings is 1. The minimum Gasteiger partial charge on any atom is -0.444 e. The Labute approximate surface area is 253 Å². The molecule has 2 aromatic heterocycles. The van der Waals surface area contributed by atoms with Crippen LogP contribution in [0.4, 0.5) is 10.5 Å². The lowest BCUT2D eigenvalue weighted by atomic mass is 9.95. The fourth-order valence-electron chi connectivity index (χ4n) is 5.57. The Bertz CT molecular complexity index is 1760. The molecule has 1 unspecified atom stereocenters. The molecule has 11 nitrogen and oxygen atoms in total. The number of halogens is 1. The Kier molecular flexibility index (Phi) is 7.89. The van der Waals surface area contributed by atoms with E-state index in [9.17, 15) is 14.4 Å². The summed E-state index contributed by atoms with van der Waals surface area (Å²) in [5.41, 5.74) is 1.19. The molecular weight excluding hydrogens is 574 g/mol. The number of nitrogens with one attached hydrogen (secondary N) is 2. The molecule has 2 aliphatic rings. The molecule has 0 spiro atoms. The third-order valence-electron chi connectivity index (χ3n) is 7.55. The number of anilines is 1. The molecule has 43 heavy (non-hydrogen) atoms. The number of aromatic amines is 1. The van der Waals surface area contributed by atoms with Crippen molar-refractivity contribution in [3.8, 4) is 11.1 Å². The van der Waals surface area contributed by atoms with Gasteiger partial charge in [-0.3, -0.25) is 14.9 Å². The number of nitrogens with zero attached hydrogens (tertiary/aromatic N) is 3. The van der Waals surface area contributed by atoms with Crippen LogP contribution in [0.2, 0.25) is 5.02 Å². The lowest BCUT2D eigenvalue weighted by molar-refractivity contribution is -0.0390. The van der Waals surface area contributed by atoms with E-state index in [4.69, 9.17) is 30.9 Å². The van der Waals surface area contributed by atoms with Crippen molar-refractivity contribution in [2.45, 2.75) is 51.9 Å². The Morgan fingerprint density at radius 3 is 2.60 bits per heavy atom. The van der Waals surface area contributed by atoms with Crippen LogP contribution in [0.1, 0.15) is 56.6 Å². The molecule has 4 heterocycles. The Morgan fingerprint density at radius 1 is 1.09 bits per heavy atom. The van der Waals surface area contributed by atoms with Crippen molar-refractivity contribution >= 4 is 51.1 Å². The van der Waals surface area contributed by atoms with E-state index in [2.05, 4.69) is 10.3 Å². The van der Waals surface area contributed by atoms with E-state index in [1.54, 1.807) is 60.7 Å². The van der Waals surface area contributed by atoms with Crippen LogP contribution in [0.3, 0.4) is 0 Å². The largest absolute Gasteiger partial charge is 0.444 e. The summed E-state index contributed by atoms with van der Waals surface area (Å²) in [6.45, 7) is 7.79. The molecule has 226 valence electrons. The molecule has 12 heteroatoms. The highest BCUT2D eigenvalue weighted by molar-refractivity contribution is 6.35. The minimum atomic E-state index is -0.791. The van der Waals surface area contributed by atoms with Crippen molar-refractivity contribution in [2.24, 2.45) is 0 Å². The monoisotopic (exact) mass is 607 g/mol. The van der Waals surface area contributed by atoms with E-state index >= 15 is 0 Å². The number of fused-ring (bicyclic) bond motifs is 2. The number of carbonyl (C=O) groups excluding carboxylic acids is 2. The maximum Gasteiger partial charge on any atom is 0.412 e. The third-order valence-corrected chi connectivity index (χ3v) is 7.86. The average molecular weight is 608 g/mol. The van der Waals surface area contributed by atoms with E-state index in [0.29, 0.717) is 76.4 Å². The highest BCUT2D eigenvalue weighted by Gasteiger charge is 2.26. The number of rotatable bonds is 4. The molecule has 2 amide bonds. The number of amides is 2. The molecule has 2 aliphatic heterocycles. The van der Waals surface area contributed by atoms with E-state index < -0.39 is 17.3 Å². The van der Waals surface area contributed by atoms with Gasteiger partial charge >= 0.3 is 6.09 Å².